The van der Waals surface area contributed by atoms with Crippen LogP contribution in [-0.4, -0.2) is 44.1 Å². The normalized spacial score (nSPS) is 12.1. The van der Waals surface area contributed by atoms with Crippen molar-refractivity contribution >= 4 is 51.2 Å². The highest BCUT2D eigenvalue weighted by atomic mass is 35.5. The number of hydrogen-bond acceptors (Lipinski definition) is 8. The molecular formula is C29H21ClF5N9O. The number of benzene rings is 2. The number of nitrogens with one attached hydrogen (secondary N) is 2. The molecular weight excluding hydrogens is 621 g/mol. The molecule has 0 bridgehead atoms. The maximum absolute atomic E-state index is 13.9. The standard InChI is InChI=1S/C29H21ClF5N9O/c1-15(45)43(2)20-5-3-4-16(6-20)26(24-13-44(42-41-24)14-29(33,34)35)39-18-7-21-25(40-19-9-23(31)28(32)38-12-19)17(10-36)11-37-27(21)22(30)8-18/h3-9,11-13,26,39H,14H2,1-2H3,(H,37,40). The van der Waals surface area contributed by atoms with Gasteiger partial charge in [-0.15, -0.1) is 5.10 Å². The molecule has 2 aromatic carbocycles. The van der Waals surface area contributed by atoms with Crippen LogP contribution in [0.1, 0.15) is 29.8 Å². The van der Waals surface area contributed by atoms with E-state index >= 15 is 0 Å². The van der Waals surface area contributed by atoms with E-state index in [1.54, 1.807) is 37.4 Å². The average molecular weight is 642 g/mol. The zero-order chi connectivity index (χ0) is 32.5. The maximum Gasteiger partial charge on any atom is 0.408 e. The van der Waals surface area contributed by atoms with E-state index in [0.717, 1.165) is 18.5 Å². The third-order valence-electron chi connectivity index (χ3n) is 6.68. The predicted molar refractivity (Wildman–Crippen MR) is 156 cm³/mol. The molecule has 1 amide bonds. The first-order valence-electron chi connectivity index (χ1n) is 13.0. The van der Waals surface area contributed by atoms with E-state index in [1.807, 2.05) is 6.07 Å². The molecule has 1 unspecified atom stereocenters. The summed E-state index contributed by atoms with van der Waals surface area (Å²) in [6.45, 7) is 0.0197. The summed E-state index contributed by atoms with van der Waals surface area (Å²) in [6, 6.07) is 11.8. The molecule has 5 rings (SSSR count). The molecule has 5 aromatic rings. The van der Waals surface area contributed by atoms with E-state index in [-0.39, 0.29) is 39.1 Å². The zero-order valence-corrected chi connectivity index (χ0v) is 24.1. The first-order valence-corrected chi connectivity index (χ1v) is 13.4. The second-order valence-electron chi connectivity index (χ2n) is 9.84. The van der Waals surface area contributed by atoms with Crippen molar-refractivity contribution in [3.05, 3.63) is 94.7 Å². The highest BCUT2D eigenvalue weighted by molar-refractivity contribution is 6.36. The van der Waals surface area contributed by atoms with Gasteiger partial charge in [0.05, 0.1) is 45.9 Å². The SMILES string of the molecule is CC(=O)N(C)c1cccc(C(Nc2cc(Cl)c3ncc(C#N)c(Nc4cnc(F)c(F)c4)c3c2)c2cn(CC(F)(F)F)nn2)c1. The minimum Gasteiger partial charge on any atom is -0.373 e. The fourth-order valence-electron chi connectivity index (χ4n) is 4.49. The van der Waals surface area contributed by atoms with Gasteiger partial charge in [0.1, 0.15) is 18.3 Å². The van der Waals surface area contributed by atoms with Crippen molar-refractivity contribution in [1.82, 2.24) is 25.0 Å². The van der Waals surface area contributed by atoms with Gasteiger partial charge in [0.2, 0.25) is 11.9 Å². The minimum absolute atomic E-state index is 0.0398. The molecule has 0 spiro atoms. The Balaban J connectivity index is 1.62. The molecule has 3 heterocycles. The molecule has 2 N–H and O–H groups in total. The van der Waals surface area contributed by atoms with Gasteiger partial charge in [-0.3, -0.25) is 9.78 Å². The molecule has 230 valence electrons. The number of carbonyl (C=O) groups excluding carboxylic acids is 1. The fourth-order valence-corrected chi connectivity index (χ4v) is 4.76. The number of amides is 1. The van der Waals surface area contributed by atoms with Crippen molar-refractivity contribution in [2.45, 2.75) is 25.7 Å². The number of rotatable bonds is 8. The topological polar surface area (TPSA) is 125 Å². The van der Waals surface area contributed by atoms with E-state index in [2.05, 4.69) is 30.9 Å². The summed E-state index contributed by atoms with van der Waals surface area (Å²) in [5, 5.41) is 23.9. The van der Waals surface area contributed by atoms with Crippen LogP contribution in [0.4, 0.5) is 44.7 Å². The van der Waals surface area contributed by atoms with Crippen molar-refractivity contribution < 1.29 is 26.7 Å². The Morgan fingerprint density at radius 3 is 2.60 bits per heavy atom. The molecule has 0 fully saturated rings. The van der Waals surface area contributed by atoms with Crippen LogP contribution in [0.25, 0.3) is 10.9 Å². The molecule has 0 radical (unpaired) electrons. The summed E-state index contributed by atoms with van der Waals surface area (Å²) in [7, 11) is 1.57. The lowest BCUT2D eigenvalue weighted by molar-refractivity contribution is -0.142. The van der Waals surface area contributed by atoms with E-state index in [0.29, 0.717) is 27.0 Å². The Hall–Kier alpha value is -5.36. The van der Waals surface area contributed by atoms with Crippen LogP contribution in [0.3, 0.4) is 0 Å². The van der Waals surface area contributed by atoms with E-state index in [4.69, 9.17) is 11.6 Å². The quantitative estimate of drug-likeness (QED) is 0.145. The van der Waals surface area contributed by atoms with Gasteiger partial charge in [-0.2, -0.15) is 22.8 Å². The number of aromatic nitrogens is 5. The summed E-state index contributed by atoms with van der Waals surface area (Å²) in [5.74, 6) is -2.76. The number of nitriles is 1. The maximum atomic E-state index is 13.9. The van der Waals surface area contributed by atoms with Gasteiger partial charge in [0.25, 0.3) is 0 Å². The number of pyridine rings is 2. The zero-order valence-electron chi connectivity index (χ0n) is 23.4. The molecule has 0 aliphatic heterocycles. The molecule has 45 heavy (non-hydrogen) atoms. The molecule has 3 aromatic heterocycles. The van der Waals surface area contributed by atoms with Crippen LogP contribution >= 0.6 is 11.6 Å². The highest BCUT2D eigenvalue weighted by Crippen LogP contribution is 2.37. The molecule has 1 atom stereocenters. The summed E-state index contributed by atoms with van der Waals surface area (Å²) < 4.78 is 67.3. The van der Waals surface area contributed by atoms with Gasteiger partial charge in [0.15, 0.2) is 5.82 Å². The predicted octanol–water partition coefficient (Wildman–Crippen LogP) is 6.51. The van der Waals surface area contributed by atoms with Gasteiger partial charge in [-0.25, -0.2) is 14.1 Å². The summed E-state index contributed by atoms with van der Waals surface area (Å²) >= 11 is 6.60. The minimum atomic E-state index is -4.54. The van der Waals surface area contributed by atoms with Gasteiger partial charge >= 0.3 is 6.18 Å². The smallest absolute Gasteiger partial charge is 0.373 e. The molecule has 0 aliphatic rings. The molecule has 16 heteroatoms. The van der Waals surface area contributed by atoms with E-state index < -0.39 is 30.5 Å². The van der Waals surface area contributed by atoms with Crippen molar-refractivity contribution in [1.29, 1.82) is 5.26 Å². The van der Waals surface area contributed by atoms with Crippen LogP contribution in [-0.2, 0) is 11.3 Å². The van der Waals surface area contributed by atoms with Gasteiger partial charge in [0, 0.05) is 43.0 Å². The lowest BCUT2D eigenvalue weighted by Gasteiger charge is -2.22. The third kappa shape index (κ3) is 6.91. The van der Waals surface area contributed by atoms with Crippen molar-refractivity contribution in [2.24, 2.45) is 0 Å². The molecule has 0 saturated heterocycles. The van der Waals surface area contributed by atoms with Gasteiger partial charge in [-0.05, 0) is 29.8 Å². The van der Waals surface area contributed by atoms with Crippen molar-refractivity contribution in [2.75, 3.05) is 22.6 Å². The first kappa shape index (κ1) is 31.1. The first-order chi connectivity index (χ1) is 21.3. The number of nitrogens with zero attached hydrogens (tertiary/aromatic N) is 7. The van der Waals surface area contributed by atoms with Gasteiger partial charge < -0.3 is 15.5 Å². The number of hydrogen-bond donors (Lipinski definition) is 2. The van der Waals surface area contributed by atoms with Crippen molar-refractivity contribution in [3.8, 4) is 6.07 Å². The second kappa shape index (κ2) is 12.3. The van der Waals surface area contributed by atoms with Crippen LogP contribution in [0, 0.1) is 23.1 Å². The lowest BCUT2D eigenvalue weighted by atomic mass is 10.0. The van der Waals surface area contributed by atoms with E-state index in [9.17, 15) is 32.0 Å². The Bertz CT molecular complexity index is 1960. The Morgan fingerprint density at radius 1 is 1.13 bits per heavy atom. The van der Waals surface area contributed by atoms with Gasteiger partial charge in [-0.1, -0.05) is 28.9 Å². The van der Waals surface area contributed by atoms with E-state index in [1.165, 1.54) is 24.1 Å². The number of alkyl halides is 3. The van der Waals surface area contributed by atoms with Crippen LogP contribution < -0.4 is 15.5 Å². The Morgan fingerprint density at radius 2 is 1.91 bits per heavy atom. The summed E-state index contributed by atoms with van der Waals surface area (Å²) in [4.78, 5) is 21.0. The van der Waals surface area contributed by atoms with Crippen LogP contribution in [0.2, 0.25) is 5.02 Å². The molecule has 10 nitrogen and oxygen atoms in total. The van der Waals surface area contributed by atoms with Crippen molar-refractivity contribution in [3.63, 3.8) is 0 Å². The summed E-state index contributed by atoms with van der Waals surface area (Å²) in [6.07, 6.45) is -1.09. The Kier molecular flexibility index (Phi) is 8.51. The number of halogens is 6. The average Bonchev–Trinajstić information content (AvgIpc) is 3.44. The number of fused-ring (bicyclic) bond motifs is 1. The molecule has 0 saturated carbocycles. The summed E-state index contributed by atoms with van der Waals surface area (Å²) in [5.41, 5.74) is 2.00. The van der Waals surface area contributed by atoms with Crippen LogP contribution in [0.5, 0.6) is 0 Å². The lowest BCUT2D eigenvalue weighted by Crippen LogP contribution is -2.23. The number of carbonyl (C=O) groups is 1. The third-order valence-corrected chi connectivity index (χ3v) is 6.97. The van der Waals surface area contributed by atoms with Crippen LogP contribution in [0.15, 0.2) is 61.1 Å². The Labute approximate surface area is 257 Å². The highest BCUT2D eigenvalue weighted by Gasteiger charge is 2.30. The fraction of sp³-hybridized carbons (Fsp3) is 0.172. The largest absolute Gasteiger partial charge is 0.408 e. The second-order valence-corrected chi connectivity index (χ2v) is 10.2. The number of anilines is 4. The monoisotopic (exact) mass is 641 g/mol. The molecule has 0 aliphatic carbocycles.